The van der Waals surface area contributed by atoms with Gasteiger partial charge in [0.05, 0.1) is 42.4 Å². The third kappa shape index (κ3) is 3.90. The van der Waals surface area contributed by atoms with Crippen molar-refractivity contribution in [2.24, 2.45) is 0 Å². The molecule has 30 heavy (non-hydrogen) atoms. The van der Waals surface area contributed by atoms with Crippen molar-refractivity contribution in [3.8, 4) is 0 Å². The third-order valence-electron chi connectivity index (χ3n) is 5.05. The van der Waals surface area contributed by atoms with E-state index in [1.165, 1.54) is 0 Å². The first-order chi connectivity index (χ1) is 14.6. The van der Waals surface area contributed by atoms with Gasteiger partial charge in [-0.25, -0.2) is 4.79 Å². The van der Waals surface area contributed by atoms with Crippen LogP contribution in [0.4, 0.5) is 21.9 Å². The van der Waals surface area contributed by atoms with Gasteiger partial charge in [-0.1, -0.05) is 30.8 Å². The van der Waals surface area contributed by atoms with Crippen molar-refractivity contribution < 1.29 is 19.1 Å². The van der Waals surface area contributed by atoms with Gasteiger partial charge in [-0.05, 0) is 31.2 Å². The molecular weight excluding hydrogens is 402 g/mol. The Labute approximate surface area is 180 Å². The molecule has 2 aromatic rings. The molecule has 0 spiro atoms. The Hall–Kier alpha value is -2.55. The van der Waals surface area contributed by atoms with Crippen molar-refractivity contribution in [2.45, 2.75) is 36.2 Å². The lowest BCUT2D eigenvalue weighted by Gasteiger charge is -2.41. The number of hydrogen-bond acceptors (Lipinski definition) is 7. The summed E-state index contributed by atoms with van der Waals surface area (Å²) in [5.74, 6) is -0.0413. The van der Waals surface area contributed by atoms with Crippen LogP contribution < -0.4 is 15.5 Å². The van der Waals surface area contributed by atoms with Gasteiger partial charge in [0.15, 0.2) is 5.78 Å². The van der Waals surface area contributed by atoms with Crippen molar-refractivity contribution in [3.05, 3.63) is 42.0 Å². The molecule has 0 radical (unpaired) electrons. The fraction of sp³-hybridized carbons (Fsp3) is 0.364. The molecule has 2 heterocycles. The zero-order valence-electron chi connectivity index (χ0n) is 17.1. The minimum atomic E-state index is -0.572. The van der Waals surface area contributed by atoms with E-state index < -0.39 is 6.09 Å². The van der Waals surface area contributed by atoms with Gasteiger partial charge < -0.3 is 14.4 Å². The molecular formula is C22H25N3O4S. The number of nitrogens with one attached hydrogen (secondary N) is 2. The fourth-order valence-corrected chi connectivity index (χ4v) is 4.84. The Morgan fingerprint density at radius 2 is 2.07 bits per heavy atom. The summed E-state index contributed by atoms with van der Waals surface area (Å²) in [6.07, 6.45) is -0.374. The maximum absolute atomic E-state index is 13.1. The van der Waals surface area contributed by atoms with E-state index in [-0.39, 0.29) is 18.6 Å². The lowest BCUT2D eigenvalue weighted by atomic mass is 10.0. The van der Waals surface area contributed by atoms with Gasteiger partial charge in [0, 0.05) is 22.8 Å². The topological polar surface area (TPSA) is 79.9 Å². The Morgan fingerprint density at radius 3 is 2.80 bits per heavy atom. The number of fused-ring (bicyclic) bond motifs is 2. The second-order valence-electron chi connectivity index (χ2n) is 6.94. The van der Waals surface area contributed by atoms with E-state index in [2.05, 4.69) is 21.6 Å². The summed E-state index contributed by atoms with van der Waals surface area (Å²) in [4.78, 5) is 29.4. The van der Waals surface area contributed by atoms with Gasteiger partial charge in [-0.15, -0.1) is 0 Å². The Balaban J connectivity index is 1.88. The molecule has 8 heteroatoms. The molecule has 1 saturated heterocycles. The van der Waals surface area contributed by atoms with Crippen LogP contribution in [0, 0.1) is 0 Å². The molecule has 2 aliphatic heterocycles. The van der Waals surface area contributed by atoms with E-state index >= 15 is 0 Å². The van der Waals surface area contributed by atoms with Gasteiger partial charge in [-0.2, -0.15) is 0 Å². The Kier molecular flexibility index (Phi) is 6.26. The molecule has 2 aliphatic rings. The Bertz CT molecular complexity index is 959. The number of benzene rings is 2. The van der Waals surface area contributed by atoms with Crippen LogP contribution >= 0.6 is 11.8 Å². The second-order valence-corrected chi connectivity index (χ2v) is 8.03. The molecule has 158 valence electrons. The second kappa shape index (κ2) is 9.07. The predicted octanol–water partition coefficient (Wildman–Crippen LogP) is 4.40. The SMILES string of the molecule is CCOC(=O)Nc1ccc2c(c1C(=O)CC)N(C1COCCN1)c1ccccc1S2. The van der Waals surface area contributed by atoms with Crippen LogP contribution in [0.15, 0.2) is 46.2 Å². The number of rotatable bonds is 5. The van der Waals surface area contributed by atoms with Crippen LogP contribution in [-0.4, -0.2) is 44.4 Å². The number of nitrogens with zero attached hydrogens (tertiary/aromatic N) is 1. The number of carbonyl (C=O) groups is 2. The van der Waals surface area contributed by atoms with Crippen LogP contribution in [0.5, 0.6) is 0 Å². The number of ketones is 1. The summed E-state index contributed by atoms with van der Waals surface area (Å²) in [7, 11) is 0. The molecule has 0 aliphatic carbocycles. The van der Waals surface area contributed by atoms with E-state index in [9.17, 15) is 9.59 Å². The monoisotopic (exact) mass is 427 g/mol. The summed E-state index contributed by atoms with van der Waals surface area (Å²) in [6.45, 7) is 5.70. The number of Topliss-reactive ketones (excluding diaryl/α,β-unsaturated/α-hetero) is 1. The number of carbonyl (C=O) groups excluding carboxylic acids is 2. The van der Waals surface area contributed by atoms with Crippen LogP contribution in [0.1, 0.15) is 30.6 Å². The molecule has 2 N–H and O–H groups in total. The predicted molar refractivity (Wildman–Crippen MR) is 117 cm³/mol. The average Bonchev–Trinajstić information content (AvgIpc) is 2.77. The number of amides is 1. The molecule has 1 atom stereocenters. The molecule has 1 fully saturated rings. The first kappa shape index (κ1) is 20.7. The summed E-state index contributed by atoms with van der Waals surface area (Å²) >= 11 is 1.62. The number of hydrogen-bond donors (Lipinski definition) is 2. The van der Waals surface area contributed by atoms with Gasteiger partial charge in [-0.3, -0.25) is 15.4 Å². The first-order valence-corrected chi connectivity index (χ1v) is 11.0. The van der Waals surface area contributed by atoms with Crippen molar-refractivity contribution in [1.82, 2.24) is 5.32 Å². The van der Waals surface area contributed by atoms with E-state index in [0.717, 1.165) is 27.7 Å². The van der Waals surface area contributed by atoms with E-state index in [1.54, 1.807) is 24.8 Å². The molecule has 0 bridgehead atoms. The minimum absolute atomic E-state index is 0.0413. The molecule has 0 aromatic heterocycles. The highest BCUT2D eigenvalue weighted by Gasteiger charge is 2.35. The van der Waals surface area contributed by atoms with Crippen molar-refractivity contribution in [1.29, 1.82) is 0 Å². The number of anilines is 3. The summed E-state index contributed by atoms with van der Waals surface area (Å²) < 4.78 is 10.8. The molecule has 7 nitrogen and oxygen atoms in total. The van der Waals surface area contributed by atoms with Crippen molar-refractivity contribution in [2.75, 3.05) is 36.6 Å². The number of para-hydroxylation sites is 1. The standard InChI is InChI=1S/C22H25N3O4S/c1-3-16(26)20-14(24-22(27)29-4-2)9-10-18-21(20)25(19-13-28-12-11-23-19)15-7-5-6-8-17(15)30-18/h5-10,19,23H,3-4,11-13H2,1-2H3,(H,24,27). The molecule has 2 aromatic carbocycles. The first-order valence-electron chi connectivity index (χ1n) is 10.1. The van der Waals surface area contributed by atoms with Gasteiger partial charge in [0.1, 0.15) is 6.17 Å². The largest absolute Gasteiger partial charge is 0.450 e. The Morgan fingerprint density at radius 1 is 1.23 bits per heavy atom. The molecule has 1 amide bonds. The highest BCUT2D eigenvalue weighted by atomic mass is 32.2. The number of morpholine rings is 1. The van der Waals surface area contributed by atoms with Gasteiger partial charge in [0.2, 0.25) is 0 Å². The minimum Gasteiger partial charge on any atom is -0.450 e. The third-order valence-corrected chi connectivity index (χ3v) is 6.17. The van der Waals surface area contributed by atoms with Crippen LogP contribution in [0.3, 0.4) is 0 Å². The normalized spacial score (nSPS) is 17.7. The lowest BCUT2D eigenvalue weighted by Crippen LogP contribution is -2.52. The lowest BCUT2D eigenvalue weighted by molar-refractivity contribution is 0.0784. The van der Waals surface area contributed by atoms with E-state index in [1.807, 2.05) is 31.2 Å². The zero-order valence-corrected chi connectivity index (χ0v) is 17.9. The van der Waals surface area contributed by atoms with Gasteiger partial charge >= 0.3 is 6.09 Å². The highest BCUT2D eigenvalue weighted by Crippen LogP contribution is 2.52. The molecule has 4 rings (SSSR count). The van der Waals surface area contributed by atoms with E-state index in [4.69, 9.17) is 9.47 Å². The van der Waals surface area contributed by atoms with Crippen LogP contribution in [0.2, 0.25) is 0 Å². The van der Waals surface area contributed by atoms with Crippen LogP contribution in [-0.2, 0) is 9.47 Å². The maximum atomic E-state index is 13.1. The van der Waals surface area contributed by atoms with Gasteiger partial charge in [0.25, 0.3) is 0 Å². The number of ether oxygens (including phenoxy) is 2. The molecule has 1 unspecified atom stereocenters. The zero-order chi connectivity index (χ0) is 21.1. The average molecular weight is 428 g/mol. The molecule has 0 saturated carbocycles. The maximum Gasteiger partial charge on any atom is 0.411 e. The summed E-state index contributed by atoms with van der Waals surface area (Å²) in [6, 6.07) is 11.8. The van der Waals surface area contributed by atoms with E-state index in [0.29, 0.717) is 30.9 Å². The summed E-state index contributed by atoms with van der Waals surface area (Å²) in [5.41, 5.74) is 2.76. The summed E-state index contributed by atoms with van der Waals surface area (Å²) in [5, 5.41) is 6.26. The fourth-order valence-electron chi connectivity index (χ4n) is 3.76. The van der Waals surface area contributed by atoms with Crippen molar-refractivity contribution in [3.63, 3.8) is 0 Å². The highest BCUT2D eigenvalue weighted by molar-refractivity contribution is 7.99. The van der Waals surface area contributed by atoms with Crippen molar-refractivity contribution >= 4 is 40.7 Å². The smallest absolute Gasteiger partial charge is 0.411 e. The quantitative estimate of drug-likeness (QED) is 0.685. The van der Waals surface area contributed by atoms with Crippen LogP contribution in [0.25, 0.3) is 0 Å².